The standard InChI is InChI=1S/C21H20N2O6S/c1-2-30(26,27)17-10-11-19(24)18(13-17)23-20(25)14-28-15-6-8-16(9-7-15)29-21-5-3-4-12-22-21/h3-13,24H,2,14H2,1H3,(H,23,25). The van der Waals surface area contributed by atoms with Crippen molar-refractivity contribution in [3.8, 4) is 23.1 Å². The molecular formula is C21H20N2O6S. The van der Waals surface area contributed by atoms with Gasteiger partial charge in [-0.2, -0.15) is 0 Å². The highest BCUT2D eigenvalue weighted by Gasteiger charge is 2.15. The zero-order chi connectivity index (χ0) is 21.6. The fourth-order valence-electron chi connectivity index (χ4n) is 2.44. The van der Waals surface area contributed by atoms with Crippen molar-refractivity contribution in [3.63, 3.8) is 0 Å². The molecule has 30 heavy (non-hydrogen) atoms. The van der Waals surface area contributed by atoms with E-state index in [1.807, 2.05) is 6.07 Å². The number of benzene rings is 2. The molecule has 3 aromatic rings. The number of nitrogens with one attached hydrogen (secondary N) is 1. The summed E-state index contributed by atoms with van der Waals surface area (Å²) in [5, 5.41) is 12.3. The third kappa shape index (κ3) is 5.48. The lowest BCUT2D eigenvalue weighted by atomic mass is 10.3. The van der Waals surface area contributed by atoms with E-state index in [2.05, 4.69) is 10.3 Å². The first-order valence-electron chi connectivity index (χ1n) is 9.05. The number of sulfone groups is 1. The fraction of sp³-hybridized carbons (Fsp3) is 0.143. The van der Waals surface area contributed by atoms with Crippen LogP contribution in [0.15, 0.2) is 71.8 Å². The molecule has 9 heteroatoms. The van der Waals surface area contributed by atoms with Crippen molar-refractivity contribution in [1.82, 2.24) is 4.98 Å². The third-order valence-corrected chi connectivity index (χ3v) is 5.77. The van der Waals surface area contributed by atoms with Crippen LogP contribution >= 0.6 is 0 Å². The van der Waals surface area contributed by atoms with Crippen LogP contribution in [0.1, 0.15) is 6.92 Å². The Bertz CT molecular complexity index is 1120. The van der Waals surface area contributed by atoms with Crippen LogP contribution in [0.25, 0.3) is 0 Å². The highest BCUT2D eigenvalue weighted by molar-refractivity contribution is 7.91. The minimum Gasteiger partial charge on any atom is -0.506 e. The maximum Gasteiger partial charge on any atom is 0.262 e. The number of ether oxygens (including phenoxy) is 2. The average Bonchev–Trinajstić information content (AvgIpc) is 2.75. The smallest absolute Gasteiger partial charge is 0.262 e. The van der Waals surface area contributed by atoms with Crippen molar-refractivity contribution in [2.75, 3.05) is 17.7 Å². The Morgan fingerprint density at radius 2 is 1.80 bits per heavy atom. The number of nitrogens with zero attached hydrogens (tertiary/aromatic N) is 1. The van der Waals surface area contributed by atoms with Crippen molar-refractivity contribution in [1.29, 1.82) is 0 Å². The molecule has 0 spiro atoms. The Balaban J connectivity index is 1.58. The maximum atomic E-state index is 12.1. The molecule has 0 unspecified atom stereocenters. The van der Waals surface area contributed by atoms with E-state index in [1.54, 1.807) is 42.6 Å². The van der Waals surface area contributed by atoms with E-state index in [9.17, 15) is 18.3 Å². The van der Waals surface area contributed by atoms with Gasteiger partial charge in [-0.25, -0.2) is 13.4 Å². The van der Waals surface area contributed by atoms with Gasteiger partial charge in [0.2, 0.25) is 5.88 Å². The Kier molecular flexibility index (Phi) is 6.53. The zero-order valence-electron chi connectivity index (χ0n) is 16.1. The normalized spacial score (nSPS) is 11.0. The van der Waals surface area contributed by atoms with E-state index < -0.39 is 15.7 Å². The molecule has 0 radical (unpaired) electrons. The highest BCUT2D eigenvalue weighted by atomic mass is 32.2. The lowest BCUT2D eigenvalue weighted by Crippen LogP contribution is -2.20. The number of rotatable bonds is 8. The van der Waals surface area contributed by atoms with Gasteiger partial charge in [0.15, 0.2) is 16.4 Å². The fourth-order valence-corrected chi connectivity index (χ4v) is 3.35. The second kappa shape index (κ2) is 9.27. The number of pyridine rings is 1. The summed E-state index contributed by atoms with van der Waals surface area (Å²) in [6, 6.07) is 15.7. The first-order valence-corrected chi connectivity index (χ1v) is 10.7. The topological polar surface area (TPSA) is 115 Å². The quantitative estimate of drug-likeness (QED) is 0.529. The molecule has 2 aromatic carbocycles. The molecule has 3 rings (SSSR count). The summed E-state index contributed by atoms with van der Waals surface area (Å²) in [4.78, 5) is 16.2. The van der Waals surface area contributed by atoms with Crippen LogP contribution < -0.4 is 14.8 Å². The summed E-state index contributed by atoms with van der Waals surface area (Å²) in [5.41, 5.74) is -0.00256. The number of phenolic OH excluding ortho intramolecular Hbond substituents is 1. The molecule has 0 aliphatic heterocycles. The summed E-state index contributed by atoms with van der Waals surface area (Å²) in [6.07, 6.45) is 1.62. The minimum absolute atomic E-state index is 0.00256. The molecule has 0 saturated heterocycles. The number of phenols is 1. The van der Waals surface area contributed by atoms with Gasteiger partial charge < -0.3 is 19.9 Å². The van der Waals surface area contributed by atoms with Crippen LogP contribution in [0.5, 0.6) is 23.1 Å². The zero-order valence-corrected chi connectivity index (χ0v) is 16.9. The van der Waals surface area contributed by atoms with Gasteiger partial charge in [-0.05, 0) is 48.5 Å². The highest BCUT2D eigenvalue weighted by Crippen LogP contribution is 2.27. The number of hydrogen-bond acceptors (Lipinski definition) is 7. The number of anilines is 1. The first kappa shape index (κ1) is 21.1. The van der Waals surface area contributed by atoms with E-state index in [4.69, 9.17) is 9.47 Å². The number of aromatic hydroxyl groups is 1. The van der Waals surface area contributed by atoms with Crippen LogP contribution in [0, 0.1) is 0 Å². The molecular weight excluding hydrogens is 408 g/mol. The number of carbonyl (C=O) groups is 1. The Hall–Kier alpha value is -3.59. The summed E-state index contributed by atoms with van der Waals surface area (Å²) in [5.74, 6) is 0.570. The lowest BCUT2D eigenvalue weighted by molar-refractivity contribution is -0.118. The average molecular weight is 428 g/mol. The molecule has 0 atom stereocenters. The van der Waals surface area contributed by atoms with Gasteiger partial charge in [-0.3, -0.25) is 4.79 Å². The van der Waals surface area contributed by atoms with Crippen molar-refractivity contribution in [3.05, 3.63) is 66.9 Å². The maximum absolute atomic E-state index is 12.1. The summed E-state index contributed by atoms with van der Waals surface area (Å²) >= 11 is 0. The Labute approximate surface area is 174 Å². The SMILES string of the molecule is CCS(=O)(=O)c1ccc(O)c(NC(=O)COc2ccc(Oc3ccccn3)cc2)c1. The second-order valence-corrected chi connectivity index (χ2v) is 8.44. The number of hydrogen-bond donors (Lipinski definition) is 2. The molecule has 156 valence electrons. The van der Waals surface area contributed by atoms with E-state index in [0.29, 0.717) is 17.4 Å². The predicted molar refractivity (Wildman–Crippen MR) is 111 cm³/mol. The van der Waals surface area contributed by atoms with Gasteiger partial charge in [-0.15, -0.1) is 0 Å². The van der Waals surface area contributed by atoms with Crippen LogP contribution in [-0.2, 0) is 14.6 Å². The van der Waals surface area contributed by atoms with Gasteiger partial charge >= 0.3 is 0 Å². The molecule has 0 aliphatic carbocycles. The molecule has 1 amide bonds. The summed E-state index contributed by atoms with van der Waals surface area (Å²) in [6.45, 7) is 1.19. The monoisotopic (exact) mass is 428 g/mol. The first-order chi connectivity index (χ1) is 14.4. The number of aromatic nitrogens is 1. The number of carbonyl (C=O) groups excluding carboxylic acids is 1. The van der Waals surface area contributed by atoms with Crippen LogP contribution in [0.4, 0.5) is 5.69 Å². The number of amides is 1. The summed E-state index contributed by atoms with van der Waals surface area (Å²) < 4.78 is 34.9. The van der Waals surface area contributed by atoms with E-state index in [0.717, 1.165) is 0 Å². The van der Waals surface area contributed by atoms with E-state index in [-0.39, 0.29) is 28.7 Å². The van der Waals surface area contributed by atoms with E-state index >= 15 is 0 Å². The lowest BCUT2D eigenvalue weighted by Gasteiger charge is -2.11. The van der Waals surface area contributed by atoms with Crippen molar-refractivity contribution in [2.24, 2.45) is 0 Å². The van der Waals surface area contributed by atoms with Gasteiger partial charge in [0.25, 0.3) is 5.91 Å². The molecule has 0 aliphatic rings. The van der Waals surface area contributed by atoms with Crippen molar-refractivity contribution in [2.45, 2.75) is 11.8 Å². The van der Waals surface area contributed by atoms with Gasteiger partial charge in [0.1, 0.15) is 17.2 Å². The summed E-state index contributed by atoms with van der Waals surface area (Å²) in [7, 11) is -3.47. The molecule has 0 saturated carbocycles. The molecule has 0 bridgehead atoms. The van der Waals surface area contributed by atoms with Gasteiger partial charge in [0, 0.05) is 12.3 Å². The predicted octanol–water partition coefficient (Wildman–Crippen LogP) is 3.39. The molecule has 2 N–H and O–H groups in total. The third-order valence-electron chi connectivity index (χ3n) is 4.04. The van der Waals surface area contributed by atoms with E-state index in [1.165, 1.54) is 25.1 Å². The molecule has 1 aromatic heterocycles. The molecule has 1 heterocycles. The van der Waals surface area contributed by atoms with Crippen LogP contribution in [0.3, 0.4) is 0 Å². The van der Waals surface area contributed by atoms with Gasteiger partial charge in [-0.1, -0.05) is 13.0 Å². The van der Waals surface area contributed by atoms with Crippen LogP contribution in [-0.4, -0.2) is 36.8 Å². The Morgan fingerprint density at radius 3 is 2.47 bits per heavy atom. The second-order valence-electron chi connectivity index (χ2n) is 6.16. The van der Waals surface area contributed by atoms with Gasteiger partial charge in [0.05, 0.1) is 16.3 Å². The van der Waals surface area contributed by atoms with Crippen molar-refractivity contribution < 1.29 is 27.8 Å². The molecule has 0 fully saturated rings. The largest absolute Gasteiger partial charge is 0.506 e. The Morgan fingerprint density at radius 1 is 1.07 bits per heavy atom. The van der Waals surface area contributed by atoms with Crippen molar-refractivity contribution >= 4 is 21.4 Å². The molecule has 8 nitrogen and oxygen atoms in total. The van der Waals surface area contributed by atoms with Crippen LogP contribution in [0.2, 0.25) is 0 Å². The minimum atomic E-state index is -3.47.